The molecule has 0 bridgehead atoms. The molecule has 2 fully saturated rings. The Morgan fingerprint density at radius 3 is 2.68 bits per heavy atom. The fourth-order valence-corrected chi connectivity index (χ4v) is 4.34. The van der Waals surface area contributed by atoms with Crippen LogP contribution in [-0.4, -0.2) is 16.5 Å². The number of nitrogens with one attached hydrogen (secondary N) is 1. The molecular formula is C16H22N2S. The molecule has 2 nitrogen and oxygen atoms in total. The van der Waals surface area contributed by atoms with Crippen molar-refractivity contribution in [2.45, 2.75) is 51.1 Å². The van der Waals surface area contributed by atoms with Crippen LogP contribution in [0.4, 0.5) is 0 Å². The minimum absolute atomic E-state index is 0.383. The first kappa shape index (κ1) is 13.0. The second-order valence-electron chi connectivity index (χ2n) is 5.64. The molecule has 0 unspecified atom stereocenters. The van der Waals surface area contributed by atoms with Crippen LogP contribution in [0.25, 0.3) is 0 Å². The highest BCUT2D eigenvalue weighted by molar-refractivity contribution is 8.14. The van der Waals surface area contributed by atoms with Crippen molar-refractivity contribution < 1.29 is 0 Å². The van der Waals surface area contributed by atoms with Crippen LogP contribution < -0.4 is 5.32 Å². The minimum atomic E-state index is 0.383. The van der Waals surface area contributed by atoms with E-state index >= 15 is 0 Å². The summed E-state index contributed by atoms with van der Waals surface area (Å²) in [6.07, 6.45) is 6.49. The van der Waals surface area contributed by atoms with Gasteiger partial charge in [0.25, 0.3) is 0 Å². The van der Waals surface area contributed by atoms with Crippen molar-refractivity contribution in [2.75, 3.05) is 5.75 Å². The van der Waals surface area contributed by atoms with E-state index in [-0.39, 0.29) is 0 Å². The number of hydrogen-bond donors (Lipinski definition) is 1. The van der Waals surface area contributed by atoms with Gasteiger partial charge in [0.2, 0.25) is 0 Å². The standard InChI is InChI=1S/C16H22N2S/c1-2-13-7-3-4-8-14(13)11-17-15-18-16(12-19-15)9-5-6-10-16/h3-4,7-8H,2,5-6,9-12H2,1H3,(H,17,18). The van der Waals surface area contributed by atoms with E-state index in [1.165, 1.54) is 42.6 Å². The monoisotopic (exact) mass is 274 g/mol. The number of amidine groups is 1. The minimum Gasteiger partial charge on any atom is -0.359 e. The Hall–Kier alpha value is -0.960. The molecule has 1 saturated heterocycles. The third kappa shape index (κ3) is 2.81. The normalized spacial score (nSPS) is 23.1. The summed E-state index contributed by atoms with van der Waals surface area (Å²) in [4.78, 5) is 4.79. The van der Waals surface area contributed by atoms with E-state index in [1.54, 1.807) is 0 Å². The molecule has 1 aliphatic carbocycles. The lowest BCUT2D eigenvalue weighted by Crippen LogP contribution is -2.40. The predicted molar refractivity (Wildman–Crippen MR) is 83.8 cm³/mol. The van der Waals surface area contributed by atoms with Crippen molar-refractivity contribution >= 4 is 16.9 Å². The maximum atomic E-state index is 4.79. The lowest BCUT2D eigenvalue weighted by Gasteiger charge is -2.21. The fraction of sp³-hybridized carbons (Fsp3) is 0.562. The van der Waals surface area contributed by atoms with Gasteiger partial charge in [-0.3, -0.25) is 4.99 Å². The maximum Gasteiger partial charge on any atom is 0.157 e. The molecule has 1 N–H and O–H groups in total. The average Bonchev–Trinajstić information content (AvgIpc) is 3.07. The number of nitrogens with zero attached hydrogens (tertiary/aromatic N) is 1. The van der Waals surface area contributed by atoms with E-state index in [2.05, 4.69) is 36.5 Å². The number of aryl methyl sites for hydroxylation is 1. The van der Waals surface area contributed by atoms with E-state index in [9.17, 15) is 0 Å². The summed E-state index contributed by atoms with van der Waals surface area (Å²) < 4.78 is 0. The summed E-state index contributed by atoms with van der Waals surface area (Å²) in [7, 11) is 0. The Morgan fingerprint density at radius 1 is 1.21 bits per heavy atom. The van der Waals surface area contributed by atoms with Crippen LogP contribution in [0, 0.1) is 0 Å². The molecule has 0 atom stereocenters. The van der Waals surface area contributed by atoms with Crippen molar-refractivity contribution in [1.82, 2.24) is 5.32 Å². The van der Waals surface area contributed by atoms with Crippen LogP contribution in [0.2, 0.25) is 0 Å². The highest BCUT2D eigenvalue weighted by Gasteiger charge is 2.39. The summed E-state index contributed by atoms with van der Waals surface area (Å²) in [6, 6.07) is 8.64. The molecule has 0 amide bonds. The largest absolute Gasteiger partial charge is 0.359 e. The van der Waals surface area contributed by atoms with Crippen LogP contribution in [-0.2, 0) is 13.0 Å². The summed E-state index contributed by atoms with van der Waals surface area (Å²) >= 11 is 1.91. The molecule has 2 aliphatic rings. The van der Waals surface area contributed by atoms with Crippen molar-refractivity contribution in [1.29, 1.82) is 0 Å². The Morgan fingerprint density at radius 2 is 1.95 bits per heavy atom. The number of hydrogen-bond acceptors (Lipinski definition) is 2. The molecule has 1 saturated carbocycles. The lowest BCUT2D eigenvalue weighted by molar-refractivity contribution is 0.452. The first-order valence-corrected chi connectivity index (χ1v) is 8.32. The Bertz CT molecular complexity index is 475. The third-order valence-corrected chi connectivity index (χ3v) is 5.51. The molecule has 3 heteroatoms. The zero-order chi connectivity index (χ0) is 13.1. The summed E-state index contributed by atoms with van der Waals surface area (Å²) in [5.74, 6) is 1.21. The maximum absolute atomic E-state index is 4.79. The first-order valence-electron chi connectivity index (χ1n) is 7.33. The quantitative estimate of drug-likeness (QED) is 0.907. The third-order valence-electron chi connectivity index (χ3n) is 4.31. The van der Waals surface area contributed by atoms with Crippen LogP contribution in [0.5, 0.6) is 0 Å². The van der Waals surface area contributed by atoms with E-state index in [1.807, 2.05) is 11.8 Å². The molecule has 1 aromatic rings. The van der Waals surface area contributed by atoms with Gasteiger partial charge in [-0.15, -0.1) is 0 Å². The molecule has 1 aliphatic heterocycles. The van der Waals surface area contributed by atoms with Gasteiger partial charge in [0.1, 0.15) is 0 Å². The molecule has 0 aromatic heterocycles. The summed E-state index contributed by atoms with van der Waals surface area (Å²) in [6.45, 7) is 3.03. The lowest BCUT2D eigenvalue weighted by atomic mass is 10.0. The Balaban J connectivity index is 1.67. The SMILES string of the molecule is CCc1ccccc1CN=C1NC2(CCCC2)CS1. The first-order chi connectivity index (χ1) is 9.31. The zero-order valence-electron chi connectivity index (χ0n) is 11.6. The van der Waals surface area contributed by atoms with Gasteiger partial charge in [0, 0.05) is 11.3 Å². The Labute approximate surface area is 120 Å². The number of aliphatic imine (C=N–C) groups is 1. The van der Waals surface area contributed by atoms with Gasteiger partial charge in [0.15, 0.2) is 5.17 Å². The van der Waals surface area contributed by atoms with Gasteiger partial charge >= 0.3 is 0 Å². The smallest absolute Gasteiger partial charge is 0.157 e. The van der Waals surface area contributed by atoms with Crippen molar-refractivity contribution in [2.24, 2.45) is 4.99 Å². The van der Waals surface area contributed by atoms with Crippen LogP contribution in [0.15, 0.2) is 29.3 Å². The van der Waals surface area contributed by atoms with Crippen molar-refractivity contribution in [3.05, 3.63) is 35.4 Å². The van der Waals surface area contributed by atoms with Gasteiger partial charge in [-0.1, -0.05) is 55.8 Å². The van der Waals surface area contributed by atoms with Gasteiger partial charge < -0.3 is 5.32 Å². The fourth-order valence-electron chi connectivity index (χ4n) is 3.13. The molecule has 1 heterocycles. The van der Waals surface area contributed by atoms with Gasteiger partial charge in [0.05, 0.1) is 6.54 Å². The van der Waals surface area contributed by atoms with Gasteiger partial charge in [-0.05, 0) is 30.4 Å². The van der Waals surface area contributed by atoms with Crippen molar-refractivity contribution in [3.8, 4) is 0 Å². The second kappa shape index (κ2) is 5.58. The highest BCUT2D eigenvalue weighted by Crippen LogP contribution is 2.37. The molecule has 1 aromatic carbocycles. The zero-order valence-corrected chi connectivity index (χ0v) is 12.4. The second-order valence-corrected chi connectivity index (χ2v) is 6.61. The molecule has 0 radical (unpaired) electrons. The van der Waals surface area contributed by atoms with Crippen molar-refractivity contribution in [3.63, 3.8) is 0 Å². The van der Waals surface area contributed by atoms with Crippen LogP contribution in [0.1, 0.15) is 43.7 Å². The van der Waals surface area contributed by atoms with Gasteiger partial charge in [-0.25, -0.2) is 0 Å². The number of benzene rings is 1. The molecule has 19 heavy (non-hydrogen) atoms. The summed E-state index contributed by atoms with van der Waals surface area (Å²) in [5, 5.41) is 4.85. The topological polar surface area (TPSA) is 24.4 Å². The predicted octanol–water partition coefficient (Wildman–Crippen LogP) is 3.75. The van der Waals surface area contributed by atoms with E-state index in [0.717, 1.165) is 18.1 Å². The van der Waals surface area contributed by atoms with Crippen LogP contribution in [0.3, 0.4) is 0 Å². The summed E-state index contributed by atoms with van der Waals surface area (Å²) in [5.41, 5.74) is 3.17. The molecule has 3 rings (SSSR count). The molecule has 1 spiro atoms. The van der Waals surface area contributed by atoms with Gasteiger partial charge in [-0.2, -0.15) is 0 Å². The van der Waals surface area contributed by atoms with E-state index in [4.69, 9.17) is 4.99 Å². The Kier molecular flexibility index (Phi) is 3.83. The van der Waals surface area contributed by atoms with E-state index in [0.29, 0.717) is 5.54 Å². The number of thioether (sulfide) groups is 1. The molecular weight excluding hydrogens is 252 g/mol. The average molecular weight is 274 g/mol. The van der Waals surface area contributed by atoms with E-state index < -0.39 is 0 Å². The molecule has 102 valence electrons. The van der Waals surface area contributed by atoms with Crippen LogP contribution >= 0.6 is 11.8 Å². The number of rotatable bonds is 3. The highest BCUT2D eigenvalue weighted by atomic mass is 32.2.